The molecule has 8 heteroatoms. The van der Waals surface area contributed by atoms with Gasteiger partial charge in [0.1, 0.15) is 10.8 Å². The van der Waals surface area contributed by atoms with Gasteiger partial charge in [-0.2, -0.15) is 0 Å². The van der Waals surface area contributed by atoms with Gasteiger partial charge in [0.05, 0.1) is 12.9 Å². The number of anilines is 1. The zero-order chi connectivity index (χ0) is 19.1. The predicted molar refractivity (Wildman–Crippen MR) is 113 cm³/mol. The lowest BCUT2D eigenvalue weighted by Crippen LogP contribution is -2.13. The van der Waals surface area contributed by atoms with Gasteiger partial charge in [0, 0.05) is 9.92 Å². The molecular weight excluding hydrogens is 402 g/mol. The lowest BCUT2D eigenvalue weighted by Gasteiger charge is -2.01. The van der Waals surface area contributed by atoms with Crippen molar-refractivity contribution in [1.29, 1.82) is 0 Å². The number of aromatic nitrogens is 2. The number of carbonyl (C=O) groups is 1. The van der Waals surface area contributed by atoms with E-state index in [1.54, 1.807) is 19.2 Å². The second-order valence-electron chi connectivity index (χ2n) is 5.34. The van der Waals surface area contributed by atoms with Gasteiger partial charge in [-0.15, -0.1) is 22.0 Å². The second kappa shape index (κ2) is 9.55. The maximum absolute atomic E-state index is 12.1. The van der Waals surface area contributed by atoms with Gasteiger partial charge in [-0.3, -0.25) is 10.1 Å². The van der Waals surface area contributed by atoms with E-state index in [1.807, 2.05) is 48.6 Å². The summed E-state index contributed by atoms with van der Waals surface area (Å²) in [6, 6.07) is 15.1. The summed E-state index contributed by atoms with van der Waals surface area (Å²) in [5.41, 5.74) is 1.02. The van der Waals surface area contributed by atoms with Crippen LogP contribution in [0, 0.1) is 0 Å². The first-order valence-corrected chi connectivity index (χ1v) is 10.1. The molecule has 0 aliphatic heterocycles. The number of ether oxygens (including phenoxy) is 1. The number of carbonyl (C=O) groups excluding carboxylic acids is 1. The number of nitrogens with one attached hydrogen (secondary N) is 1. The molecule has 5 nitrogen and oxygen atoms in total. The number of nitrogens with zero attached hydrogens (tertiary/aromatic N) is 2. The van der Waals surface area contributed by atoms with Crippen LogP contribution in [0.4, 0.5) is 5.13 Å². The van der Waals surface area contributed by atoms with E-state index in [4.69, 9.17) is 16.3 Å². The van der Waals surface area contributed by atoms with E-state index in [9.17, 15) is 4.79 Å². The van der Waals surface area contributed by atoms with Crippen molar-refractivity contribution in [3.05, 3.63) is 64.1 Å². The van der Waals surface area contributed by atoms with Crippen LogP contribution in [0.15, 0.2) is 53.4 Å². The van der Waals surface area contributed by atoms with Crippen molar-refractivity contribution in [3.8, 4) is 5.75 Å². The molecule has 0 atom stereocenters. The molecular formula is C19H16ClN3O2S2. The van der Waals surface area contributed by atoms with Gasteiger partial charge in [0.2, 0.25) is 11.0 Å². The van der Waals surface area contributed by atoms with Crippen molar-refractivity contribution in [2.24, 2.45) is 0 Å². The van der Waals surface area contributed by atoms with Crippen LogP contribution in [-0.2, 0) is 4.79 Å². The molecule has 0 aliphatic rings. The third kappa shape index (κ3) is 6.09. The summed E-state index contributed by atoms with van der Waals surface area (Å²) in [5.74, 6) is 0.972. The third-order valence-electron chi connectivity index (χ3n) is 3.40. The molecule has 3 aromatic rings. The van der Waals surface area contributed by atoms with E-state index in [0.717, 1.165) is 16.2 Å². The molecule has 0 spiro atoms. The minimum atomic E-state index is -0.128. The number of hydrogen-bond acceptors (Lipinski definition) is 6. The average molecular weight is 418 g/mol. The average Bonchev–Trinajstić information content (AvgIpc) is 3.13. The van der Waals surface area contributed by atoms with Gasteiger partial charge in [-0.25, -0.2) is 0 Å². The van der Waals surface area contributed by atoms with E-state index >= 15 is 0 Å². The highest BCUT2D eigenvalue weighted by Crippen LogP contribution is 2.22. The number of thioether (sulfide) groups is 1. The molecule has 27 heavy (non-hydrogen) atoms. The Labute approximate surface area is 170 Å². The molecule has 2 aromatic carbocycles. The molecule has 3 rings (SSSR count). The Bertz CT molecular complexity index is 925. The maximum Gasteiger partial charge on any atom is 0.236 e. The molecule has 0 saturated heterocycles. The van der Waals surface area contributed by atoms with Crippen LogP contribution in [-0.4, -0.2) is 29.0 Å². The summed E-state index contributed by atoms with van der Waals surface area (Å²) in [4.78, 5) is 13.0. The fourth-order valence-electron chi connectivity index (χ4n) is 2.07. The third-order valence-corrected chi connectivity index (χ3v) is 5.47. The Kier molecular flexibility index (Phi) is 6.86. The van der Waals surface area contributed by atoms with Crippen molar-refractivity contribution in [2.75, 3.05) is 18.2 Å². The number of rotatable bonds is 7. The Balaban J connectivity index is 1.51. The maximum atomic E-state index is 12.1. The number of amides is 1. The zero-order valence-corrected chi connectivity index (χ0v) is 16.8. The standard InChI is InChI=1S/C19H16ClN3O2S2/c1-25-15-7-2-13(3-8-15)4-11-18-22-23-19(27-18)21-17(24)12-26-16-9-5-14(20)6-10-16/h2-11H,12H2,1H3,(H,21,23,24)/b11-4+. The van der Waals surface area contributed by atoms with Crippen LogP contribution in [0.5, 0.6) is 5.75 Å². The number of halogens is 1. The summed E-state index contributed by atoms with van der Waals surface area (Å²) in [6.45, 7) is 0. The smallest absolute Gasteiger partial charge is 0.236 e. The highest BCUT2D eigenvalue weighted by molar-refractivity contribution is 8.00. The highest BCUT2D eigenvalue weighted by Gasteiger charge is 2.08. The van der Waals surface area contributed by atoms with Gasteiger partial charge in [0.25, 0.3) is 0 Å². The molecule has 0 bridgehead atoms. The monoisotopic (exact) mass is 417 g/mol. The molecule has 0 aliphatic carbocycles. The first kappa shape index (κ1) is 19.4. The molecule has 0 unspecified atom stereocenters. The van der Waals surface area contributed by atoms with Gasteiger partial charge >= 0.3 is 0 Å². The first-order chi connectivity index (χ1) is 13.1. The number of hydrogen-bond donors (Lipinski definition) is 1. The van der Waals surface area contributed by atoms with E-state index < -0.39 is 0 Å². The summed E-state index contributed by atoms with van der Waals surface area (Å²) >= 11 is 8.60. The van der Waals surface area contributed by atoms with Gasteiger partial charge in [-0.05, 0) is 48.0 Å². The van der Waals surface area contributed by atoms with Crippen LogP contribution < -0.4 is 10.1 Å². The Morgan fingerprint density at radius 2 is 1.89 bits per heavy atom. The summed E-state index contributed by atoms with van der Waals surface area (Å²) < 4.78 is 5.13. The minimum Gasteiger partial charge on any atom is -0.497 e. The van der Waals surface area contributed by atoms with E-state index in [-0.39, 0.29) is 11.7 Å². The number of methoxy groups -OCH3 is 1. The molecule has 1 N–H and O–H groups in total. The van der Waals surface area contributed by atoms with Crippen molar-refractivity contribution in [2.45, 2.75) is 4.90 Å². The summed E-state index contributed by atoms with van der Waals surface area (Å²) in [5, 5.41) is 12.7. The van der Waals surface area contributed by atoms with Crippen molar-refractivity contribution < 1.29 is 9.53 Å². The van der Waals surface area contributed by atoms with Gasteiger partial charge in [-0.1, -0.05) is 41.1 Å². The van der Waals surface area contributed by atoms with E-state index in [0.29, 0.717) is 15.2 Å². The molecule has 138 valence electrons. The Morgan fingerprint density at radius 1 is 1.15 bits per heavy atom. The summed E-state index contributed by atoms with van der Waals surface area (Å²) in [6.07, 6.45) is 3.79. The topological polar surface area (TPSA) is 64.1 Å². The molecule has 0 radical (unpaired) electrons. The second-order valence-corrected chi connectivity index (χ2v) is 7.84. The van der Waals surface area contributed by atoms with Crippen LogP contribution >= 0.6 is 34.7 Å². The molecule has 0 saturated carbocycles. The Hall–Kier alpha value is -2.35. The van der Waals surface area contributed by atoms with Crippen molar-refractivity contribution >= 4 is 57.9 Å². The first-order valence-electron chi connectivity index (χ1n) is 7.96. The Morgan fingerprint density at radius 3 is 2.59 bits per heavy atom. The fourth-order valence-corrected chi connectivity index (χ4v) is 3.56. The van der Waals surface area contributed by atoms with Crippen LogP contribution in [0.25, 0.3) is 12.2 Å². The largest absolute Gasteiger partial charge is 0.497 e. The fraction of sp³-hybridized carbons (Fsp3) is 0.105. The molecule has 1 heterocycles. The van der Waals surface area contributed by atoms with E-state index in [1.165, 1.54) is 23.1 Å². The van der Waals surface area contributed by atoms with Crippen LogP contribution in [0.1, 0.15) is 10.6 Å². The molecule has 0 fully saturated rings. The minimum absolute atomic E-state index is 0.128. The van der Waals surface area contributed by atoms with Gasteiger partial charge in [0.15, 0.2) is 0 Å². The molecule has 1 aromatic heterocycles. The lowest BCUT2D eigenvalue weighted by atomic mass is 10.2. The summed E-state index contributed by atoms with van der Waals surface area (Å²) in [7, 11) is 1.63. The van der Waals surface area contributed by atoms with E-state index in [2.05, 4.69) is 15.5 Å². The van der Waals surface area contributed by atoms with Crippen molar-refractivity contribution in [3.63, 3.8) is 0 Å². The predicted octanol–water partition coefficient (Wildman–Crippen LogP) is 5.10. The normalized spacial score (nSPS) is 10.9. The van der Waals surface area contributed by atoms with Crippen LogP contribution in [0.2, 0.25) is 5.02 Å². The number of benzene rings is 2. The van der Waals surface area contributed by atoms with Crippen molar-refractivity contribution in [1.82, 2.24) is 10.2 Å². The highest BCUT2D eigenvalue weighted by atomic mass is 35.5. The van der Waals surface area contributed by atoms with Crippen LogP contribution in [0.3, 0.4) is 0 Å². The zero-order valence-electron chi connectivity index (χ0n) is 14.4. The SMILES string of the molecule is COc1ccc(/C=C/c2nnc(NC(=O)CSc3ccc(Cl)cc3)s2)cc1. The molecule has 1 amide bonds. The van der Waals surface area contributed by atoms with Gasteiger partial charge < -0.3 is 4.74 Å². The quantitative estimate of drug-likeness (QED) is 0.541. The lowest BCUT2D eigenvalue weighted by molar-refractivity contribution is -0.113.